The average Bonchev–Trinajstić information content (AvgIpc) is 2.82. The summed E-state index contributed by atoms with van der Waals surface area (Å²) in [6.07, 6.45) is 0. The summed E-state index contributed by atoms with van der Waals surface area (Å²) in [5, 5.41) is 3.24. The number of morpholine rings is 1. The van der Waals surface area contributed by atoms with Gasteiger partial charge in [0.1, 0.15) is 11.3 Å². The summed E-state index contributed by atoms with van der Waals surface area (Å²) in [4.78, 5) is 25.0. The third-order valence-electron chi connectivity index (χ3n) is 5.55. The van der Waals surface area contributed by atoms with Crippen molar-refractivity contribution < 1.29 is 9.47 Å². The van der Waals surface area contributed by atoms with Gasteiger partial charge in [-0.25, -0.2) is 9.97 Å². The first kappa shape index (κ1) is 22.0. The highest BCUT2D eigenvalue weighted by Crippen LogP contribution is 2.18. The molecule has 0 aliphatic carbocycles. The van der Waals surface area contributed by atoms with Crippen LogP contribution in [0.1, 0.15) is 18.2 Å². The monoisotopic (exact) mass is 435 g/mol. The van der Waals surface area contributed by atoms with Crippen molar-refractivity contribution in [3.8, 4) is 5.75 Å². The van der Waals surface area contributed by atoms with Gasteiger partial charge < -0.3 is 14.8 Å². The smallest absolute Gasteiger partial charge is 0.295 e. The number of nitrogens with one attached hydrogen (secondary N) is 1. The Bertz CT molecular complexity index is 1150. The molecule has 8 heteroatoms. The summed E-state index contributed by atoms with van der Waals surface area (Å²) < 4.78 is 12.3. The number of methoxy groups -OCH3 is 1. The second-order valence-electron chi connectivity index (χ2n) is 7.90. The van der Waals surface area contributed by atoms with Gasteiger partial charge in [-0.3, -0.25) is 14.3 Å². The Kier molecular flexibility index (Phi) is 6.82. The Morgan fingerprint density at radius 3 is 2.59 bits per heavy atom. The van der Waals surface area contributed by atoms with Crippen molar-refractivity contribution in [3.63, 3.8) is 0 Å². The highest BCUT2D eigenvalue weighted by Gasteiger charge is 2.15. The highest BCUT2D eigenvalue weighted by atomic mass is 16.5. The van der Waals surface area contributed by atoms with E-state index in [1.807, 2.05) is 43.3 Å². The zero-order chi connectivity index (χ0) is 22.5. The van der Waals surface area contributed by atoms with Gasteiger partial charge in [-0.1, -0.05) is 18.7 Å². The van der Waals surface area contributed by atoms with Crippen LogP contribution in [0.5, 0.6) is 5.75 Å². The van der Waals surface area contributed by atoms with E-state index in [0.717, 1.165) is 55.4 Å². The SMILES string of the molecule is C=C(C)c1ccc2nc(NCCN3CCOCC3)c(=O)n(Cc3ccc(OC)cc3)c2n1. The van der Waals surface area contributed by atoms with Crippen molar-refractivity contribution >= 4 is 22.6 Å². The van der Waals surface area contributed by atoms with E-state index >= 15 is 0 Å². The number of fused-ring (bicyclic) bond motifs is 1. The molecule has 32 heavy (non-hydrogen) atoms. The van der Waals surface area contributed by atoms with Crippen LogP contribution in [0.25, 0.3) is 16.7 Å². The summed E-state index contributed by atoms with van der Waals surface area (Å²) in [5.74, 6) is 1.11. The van der Waals surface area contributed by atoms with Crippen molar-refractivity contribution in [3.05, 3.63) is 64.6 Å². The van der Waals surface area contributed by atoms with Gasteiger partial charge in [0.25, 0.3) is 5.56 Å². The van der Waals surface area contributed by atoms with E-state index in [0.29, 0.717) is 30.1 Å². The molecule has 0 atom stereocenters. The van der Waals surface area contributed by atoms with Crippen LogP contribution in [-0.4, -0.2) is 65.9 Å². The number of pyridine rings is 1. The molecule has 0 unspecified atom stereocenters. The predicted molar refractivity (Wildman–Crippen MR) is 126 cm³/mol. The molecule has 1 aliphatic rings. The molecule has 1 aromatic carbocycles. The van der Waals surface area contributed by atoms with Crippen LogP contribution in [0.15, 0.2) is 47.8 Å². The van der Waals surface area contributed by atoms with Crippen LogP contribution < -0.4 is 15.6 Å². The van der Waals surface area contributed by atoms with Gasteiger partial charge in [0.2, 0.25) is 0 Å². The molecule has 3 heterocycles. The molecule has 0 amide bonds. The third-order valence-corrected chi connectivity index (χ3v) is 5.55. The number of aromatic nitrogens is 3. The number of nitrogens with zero attached hydrogens (tertiary/aromatic N) is 4. The van der Waals surface area contributed by atoms with Crippen LogP contribution in [0, 0.1) is 0 Å². The van der Waals surface area contributed by atoms with E-state index in [4.69, 9.17) is 9.47 Å². The van der Waals surface area contributed by atoms with Crippen molar-refractivity contribution in [1.82, 2.24) is 19.4 Å². The van der Waals surface area contributed by atoms with Crippen LogP contribution in [-0.2, 0) is 11.3 Å². The van der Waals surface area contributed by atoms with E-state index in [9.17, 15) is 4.79 Å². The quantitative estimate of drug-likeness (QED) is 0.582. The van der Waals surface area contributed by atoms with Gasteiger partial charge in [-0.15, -0.1) is 0 Å². The molecule has 0 saturated carbocycles. The second-order valence-corrected chi connectivity index (χ2v) is 7.90. The molecular weight excluding hydrogens is 406 g/mol. The van der Waals surface area contributed by atoms with Crippen LogP contribution in [0.4, 0.5) is 5.82 Å². The Hall–Kier alpha value is -3.23. The van der Waals surface area contributed by atoms with Gasteiger partial charge >= 0.3 is 0 Å². The van der Waals surface area contributed by atoms with Crippen LogP contribution in [0.3, 0.4) is 0 Å². The number of hydrogen-bond acceptors (Lipinski definition) is 7. The van der Waals surface area contributed by atoms with Crippen molar-refractivity contribution in [2.24, 2.45) is 0 Å². The minimum atomic E-state index is -0.193. The zero-order valence-corrected chi connectivity index (χ0v) is 18.6. The van der Waals surface area contributed by atoms with E-state index in [1.54, 1.807) is 11.7 Å². The Labute approximate surface area is 187 Å². The predicted octanol–water partition coefficient (Wildman–Crippen LogP) is 2.63. The lowest BCUT2D eigenvalue weighted by Gasteiger charge is -2.26. The van der Waals surface area contributed by atoms with Crippen LogP contribution in [0.2, 0.25) is 0 Å². The molecule has 0 radical (unpaired) electrons. The number of rotatable bonds is 8. The first-order valence-electron chi connectivity index (χ1n) is 10.8. The number of hydrogen-bond donors (Lipinski definition) is 1. The summed E-state index contributed by atoms with van der Waals surface area (Å²) in [6.45, 7) is 11.0. The fourth-order valence-corrected chi connectivity index (χ4v) is 3.69. The maximum Gasteiger partial charge on any atom is 0.295 e. The lowest BCUT2D eigenvalue weighted by atomic mass is 10.2. The lowest BCUT2D eigenvalue weighted by molar-refractivity contribution is 0.0398. The first-order valence-corrected chi connectivity index (χ1v) is 10.8. The number of allylic oxidation sites excluding steroid dienone is 1. The molecule has 0 spiro atoms. The van der Waals surface area contributed by atoms with E-state index in [1.165, 1.54) is 0 Å². The third kappa shape index (κ3) is 4.98. The molecule has 4 rings (SSSR count). The van der Waals surface area contributed by atoms with Crippen molar-refractivity contribution in [2.75, 3.05) is 51.8 Å². The van der Waals surface area contributed by atoms with E-state index in [2.05, 4.69) is 26.8 Å². The van der Waals surface area contributed by atoms with Crippen molar-refractivity contribution in [1.29, 1.82) is 0 Å². The number of anilines is 1. The van der Waals surface area contributed by atoms with E-state index in [-0.39, 0.29) is 5.56 Å². The molecule has 1 N–H and O–H groups in total. The van der Waals surface area contributed by atoms with Gasteiger partial charge in [-0.05, 0) is 42.3 Å². The zero-order valence-electron chi connectivity index (χ0n) is 18.6. The second kappa shape index (κ2) is 9.93. The molecule has 1 aliphatic heterocycles. The van der Waals surface area contributed by atoms with Crippen LogP contribution >= 0.6 is 0 Å². The molecular formula is C24H29N5O3. The molecule has 2 aromatic heterocycles. The minimum absolute atomic E-state index is 0.193. The topological polar surface area (TPSA) is 81.5 Å². The molecule has 1 fully saturated rings. The molecule has 1 saturated heterocycles. The molecule has 168 valence electrons. The molecule has 0 bridgehead atoms. The number of benzene rings is 1. The summed E-state index contributed by atoms with van der Waals surface area (Å²) in [5.41, 5.74) is 3.57. The fraction of sp³-hybridized carbons (Fsp3) is 0.375. The maximum absolute atomic E-state index is 13.4. The maximum atomic E-state index is 13.4. The fourth-order valence-electron chi connectivity index (χ4n) is 3.69. The standard InChI is InChI=1S/C24H29N5O3/c1-17(2)20-8-9-21-23(27-20)29(16-18-4-6-19(31-3)7-5-18)24(30)22(26-21)25-10-11-28-12-14-32-15-13-28/h4-9H,1,10-16H2,2-3H3,(H,25,26). The van der Waals surface area contributed by atoms with Gasteiger partial charge in [0.15, 0.2) is 11.5 Å². The number of ether oxygens (including phenoxy) is 2. The summed E-state index contributed by atoms with van der Waals surface area (Å²) in [6, 6.07) is 11.5. The van der Waals surface area contributed by atoms with Gasteiger partial charge in [0.05, 0.1) is 32.6 Å². The average molecular weight is 436 g/mol. The lowest BCUT2D eigenvalue weighted by Crippen LogP contribution is -2.39. The Morgan fingerprint density at radius 2 is 1.91 bits per heavy atom. The largest absolute Gasteiger partial charge is 0.497 e. The summed E-state index contributed by atoms with van der Waals surface area (Å²) in [7, 11) is 1.63. The normalized spacial score (nSPS) is 14.4. The highest BCUT2D eigenvalue weighted by molar-refractivity contribution is 5.75. The molecule has 8 nitrogen and oxygen atoms in total. The van der Waals surface area contributed by atoms with E-state index < -0.39 is 0 Å². The Morgan fingerprint density at radius 1 is 1.16 bits per heavy atom. The van der Waals surface area contributed by atoms with Gasteiger partial charge in [0, 0.05) is 26.2 Å². The Balaban J connectivity index is 1.66. The summed E-state index contributed by atoms with van der Waals surface area (Å²) >= 11 is 0. The molecule has 3 aromatic rings. The van der Waals surface area contributed by atoms with Gasteiger partial charge in [-0.2, -0.15) is 0 Å². The van der Waals surface area contributed by atoms with Crippen molar-refractivity contribution in [2.45, 2.75) is 13.5 Å². The first-order chi connectivity index (χ1) is 15.5. The minimum Gasteiger partial charge on any atom is -0.497 e.